The van der Waals surface area contributed by atoms with Crippen LogP contribution in [0.15, 0.2) is 36.7 Å². The van der Waals surface area contributed by atoms with Crippen molar-refractivity contribution < 1.29 is 9.53 Å². The second-order valence-electron chi connectivity index (χ2n) is 5.76. The highest BCUT2D eigenvalue weighted by Crippen LogP contribution is 2.21. The highest BCUT2D eigenvalue weighted by atomic mass is 16.5. The largest absolute Gasteiger partial charge is 0.494 e. The average molecular weight is 315 g/mol. The molecule has 0 saturated heterocycles. The van der Waals surface area contributed by atoms with Gasteiger partial charge in [-0.1, -0.05) is 19.1 Å². The molecule has 0 fully saturated rings. The van der Waals surface area contributed by atoms with E-state index >= 15 is 0 Å². The Morgan fingerprint density at radius 1 is 1.30 bits per heavy atom. The van der Waals surface area contributed by atoms with E-state index in [4.69, 9.17) is 4.74 Å². The van der Waals surface area contributed by atoms with Crippen molar-refractivity contribution in [2.24, 2.45) is 7.05 Å². The van der Waals surface area contributed by atoms with Crippen LogP contribution in [0.25, 0.3) is 11.1 Å². The van der Waals surface area contributed by atoms with Crippen LogP contribution in [0.3, 0.4) is 0 Å². The van der Waals surface area contributed by atoms with Crippen LogP contribution in [0.2, 0.25) is 0 Å². The first kappa shape index (κ1) is 17.1. The first-order valence-electron chi connectivity index (χ1n) is 8.09. The third-order valence-electron chi connectivity index (χ3n) is 3.73. The molecule has 1 amide bonds. The maximum absolute atomic E-state index is 11.7. The van der Waals surface area contributed by atoms with Crippen molar-refractivity contribution in [3.8, 4) is 16.9 Å². The summed E-state index contributed by atoms with van der Waals surface area (Å²) >= 11 is 0. The number of rotatable bonds is 8. The Balaban J connectivity index is 1.73. The van der Waals surface area contributed by atoms with Crippen LogP contribution in [0.4, 0.5) is 0 Å². The van der Waals surface area contributed by atoms with Crippen LogP contribution in [0.5, 0.6) is 5.75 Å². The fourth-order valence-electron chi connectivity index (χ4n) is 2.19. The topological polar surface area (TPSA) is 56.1 Å². The third-order valence-corrected chi connectivity index (χ3v) is 3.73. The molecule has 2 aromatic rings. The minimum absolute atomic E-state index is 0.0925. The molecule has 0 unspecified atom stereocenters. The predicted octanol–water partition coefficient (Wildman–Crippen LogP) is 3.16. The van der Waals surface area contributed by atoms with Crippen LogP contribution >= 0.6 is 0 Å². The van der Waals surface area contributed by atoms with Crippen LogP contribution in [-0.2, 0) is 11.8 Å². The number of nitrogens with one attached hydrogen (secondary N) is 1. The molecule has 124 valence electrons. The van der Waals surface area contributed by atoms with Crippen LogP contribution < -0.4 is 10.1 Å². The lowest BCUT2D eigenvalue weighted by molar-refractivity contribution is -0.121. The summed E-state index contributed by atoms with van der Waals surface area (Å²) in [6, 6.07) is 8.16. The van der Waals surface area contributed by atoms with Gasteiger partial charge < -0.3 is 10.1 Å². The Morgan fingerprint density at radius 2 is 2.04 bits per heavy atom. The second kappa shape index (κ2) is 8.36. The van der Waals surface area contributed by atoms with Crippen molar-refractivity contribution in [3.63, 3.8) is 0 Å². The van der Waals surface area contributed by atoms with E-state index in [1.807, 2.05) is 50.6 Å². The molecular weight excluding hydrogens is 290 g/mol. The van der Waals surface area contributed by atoms with Crippen molar-refractivity contribution in [3.05, 3.63) is 36.7 Å². The van der Waals surface area contributed by atoms with Gasteiger partial charge in [0.05, 0.1) is 12.8 Å². The van der Waals surface area contributed by atoms with Gasteiger partial charge >= 0.3 is 0 Å². The Kier molecular flexibility index (Phi) is 6.20. The maximum atomic E-state index is 11.7. The number of hydrogen-bond donors (Lipinski definition) is 1. The quantitative estimate of drug-likeness (QED) is 0.761. The number of hydrogen-bond acceptors (Lipinski definition) is 3. The lowest BCUT2D eigenvalue weighted by Gasteiger charge is -2.11. The molecule has 5 nitrogen and oxygen atoms in total. The molecule has 5 heteroatoms. The second-order valence-corrected chi connectivity index (χ2v) is 5.76. The molecule has 0 aliphatic rings. The zero-order valence-corrected chi connectivity index (χ0v) is 14.1. The maximum Gasteiger partial charge on any atom is 0.220 e. The Labute approximate surface area is 137 Å². The zero-order chi connectivity index (χ0) is 16.7. The zero-order valence-electron chi connectivity index (χ0n) is 14.1. The molecule has 0 spiro atoms. The van der Waals surface area contributed by atoms with Gasteiger partial charge in [0.15, 0.2) is 0 Å². The van der Waals surface area contributed by atoms with Crippen molar-refractivity contribution in [2.75, 3.05) is 6.61 Å². The molecule has 1 aromatic carbocycles. The summed E-state index contributed by atoms with van der Waals surface area (Å²) in [6.45, 7) is 4.61. The van der Waals surface area contributed by atoms with E-state index < -0.39 is 0 Å². The van der Waals surface area contributed by atoms with Gasteiger partial charge in [0.2, 0.25) is 5.91 Å². The summed E-state index contributed by atoms with van der Waals surface area (Å²) in [5.41, 5.74) is 2.19. The first-order chi connectivity index (χ1) is 11.1. The molecule has 1 atom stereocenters. The molecule has 1 aromatic heterocycles. The summed E-state index contributed by atoms with van der Waals surface area (Å²) in [4.78, 5) is 11.7. The van der Waals surface area contributed by atoms with E-state index in [9.17, 15) is 4.79 Å². The molecule has 0 saturated carbocycles. The van der Waals surface area contributed by atoms with Gasteiger partial charge in [-0.05, 0) is 37.5 Å². The molecule has 1 heterocycles. The third kappa shape index (κ3) is 5.43. The van der Waals surface area contributed by atoms with Crippen LogP contribution in [-0.4, -0.2) is 28.3 Å². The highest BCUT2D eigenvalue weighted by Gasteiger charge is 2.05. The van der Waals surface area contributed by atoms with Gasteiger partial charge in [-0.25, -0.2) is 0 Å². The monoisotopic (exact) mass is 315 g/mol. The first-order valence-corrected chi connectivity index (χ1v) is 8.09. The summed E-state index contributed by atoms with van der Waals surface area (Å²) in [7, 11) is 1.90. The minimum Gasteiger partial charge on any atom is -0.494 e. The van der Waals surface area contributed by atoms with Gasteiger partial charge in [0.25, 0.3) is 0 Å². The molecule has 0 radical (unpaired) electrons. The normalized spacial score (nSPS) is 12.0. The number of nitrogens with zero attached hydrogens (tertiary/aromatic N) is 2. The molecule has 23 heavy (non-hydrogen) atoms. The molecular formula is C18H25N3O2. The van der Waals surface area contributed by atoms with Crippen molar-refractivity contribution >= 4 is 5.91 Å². The fraction of sp³-hybridized carbons (Fsp3) is 0.444. The van der Waals surface area contributed by atoms with Crippen LogP contribution in [0, 0.1) is 0 Å². The van der Waals surface area contributed by atoms with Gasteiger partial charge in [-0.15, -0.1) is 0 Å². The smallest absolute Gasteiger partial charge is 0.220 e. The van der Waals surface area contributed by atoms with Crippen molar-refractivity contribution in [1.29, 1.82) is 0 Å². The van der Waals surface area contributed by atoms with Crippen molar-refractivity contribution in [1.82, 2.24) is 15.1 Å². The van der Waals surface area contributed by atoms with E-state index in [0.29, 0.717) is 19.4 Å². The molecule has 0 bridgehead atoms. The number of carbonyl (C=O) groups excluding carboxylic acids is 1. The number of carbonyl (C=O) groups is 1. The Morgan fingerprint density at radius 3 is 2.65 bits per heavy atom. The van der Waals surface area contributed by atoms with E-state index in [-0.39, 0.29) is 11.9 Å². The van der Waals surface area contributed by atoms with E-state index in [2.05, 4.69) is 17.3 Å². The Hall–Kier alpha value is -2.30. The SMILES string of the molecule is CC[C@@H](C)NC(=O)CCCOc1ccc(-c2cnn(C)c2)cc1. The number of aromatic nitrogens is 2. The molecule has 0 aliphatic heterocycles. The minimum atomic E-state index is 0.0925. The van der Waals surface area contributed by atoms with Crippen molar-refractivity contribution in [2.45, 2.75) is 39.2 Å². The van der Waals surface area contributed by atoms with Gasteiger partial charge in [-0.2, -0.15) is 5.10 Å². The van der Waals surface area contributed by atoms with Gasteiger partial charge in [0, 0.05) is 31.3 Å². The lowest BCUT2D eigenvalue weighted by atomic mass is 10.1. The van der Waals surface area contributed by atoms with Crippen LogP contribution in [0.1, 0.15) is 33.1 Å². The molecule has 1 N–H and O–H groups in total. The lowest BCUT2D eigenvalue weighted by Crippen LogP contribution is -2.31. The van der Waals surface area contributed by atoms with Gasteiger partial charge in [0.1, 0.15) is 5.75 Å². The number of benzene rings is 1. The average Bonchev–Trinajstić information content (AvgIpc) is 2.98. The standard InChI is InChI=1S/C18H25N3O2/c1-4-14(2)20-18(22)6-5-11-23-17-9-7-15(8-10-17)16-12-19-21(3)13-16/h7-10,12-14H,4-6,11H2,1-3H3,(H,20,22)/t14-/m1/s1. The van der Waals surface area contributed by atoms with Gasteiger partial charge in [-0.3, -0.25) is 9.48 Å². The number of ether oxygens (including phenoxy) is 1. The summed E-state index contributed by atoms with van der Waals surface area (Å²) in [5, 5.41) is 7.12. The summed E-state index contributed by atoms with van der Waals surface area (Å²) in [5.74, 6) is 0.912. The summed E-state index contributed by atoms with van der Waals surface area (Å²) < 4.78 is 7.46. The Bertz CT molecular complexity index is 619. The predicted molar refractivity (Wildman–Crippen MR) is 91.3 cm³/mol. The number of aryl methyl sites for hydroxylation is 1. The van der Waals surface area contributed by atoms with E-state index in [1.54, 1.807) is 4.68 Å². The molecule has 2 rings (SSSR count). The molecule has 0 aliphatic carbocycles. The van der Waals surface area contributed by atoms with E-state index in [0.717, 1.165) is 23.3 Å². The summed E-state index contributed by atoms with van der Waals surface area (Å²) in [6.07, 6.45) is 5.98. The fourth-order valence-corrected chi connectivity index (χ4v) is 2.19. The highest BCUT2D eigenvalue weighted by molar-refractivity contribution is 5.76. The van der Waals surface area contributed by atoms with E-state index in [1.165, 1.54) is 0 Å². The number of amides is 1.